The molecule has 40 heavy (non-hydrogen) atoms. The van der Waals surface area contributed by atoms with Crippen LogP contribution < -0.4 is 10.2 Å². The second-order valence-electron chi connectivity index (χ2n) is 9.91. The molecule has 2 fully saturated rings. The molecule has 204 valence electrons. The number of hydrogen-bond acceptors (Lipinski definition) is 8. The van der Waals surface area contributed by atoms with E-state index in [9.17, 15) is 34.4 Å². The first-order valence-electron chi connectivity index (χ1n) is 12.4. The fourth-order valence-electron chi connectivity index (χ4n) is 5.78. The molecular weight excluding hydrogens is 518 g/mol. The number of aliphatic carboxylic acids is 1. The minimum absolute atomic E-state index is 0.160. The first-order valence-corrected chi connectivity index (χ1v) is 12.4. The first kappa shape index (κ1) is 26.7. The Balaban J connectivity index is 1.63. The van der Waals surface area contributed by atoms with Crippen LogP contribution in [0.1, 0.15) is 33.1 Å². The van der Waals surface area contributed by atoms with Gasteiger partial charge in [-0.2, -0.15) is 0 Å². The molecule has 0 saturated carbocycles. The monoisotopic (exact) mass is 543 g/mol. The van der Waals surface area contributed by atoms with Gasteiger partial charge in [-0.1, -0.05) is 42.5 Å². The minimum Gasteiger partial charge on any atom is -0.480 e. The Labute approximate surface area is 228 Å². The van der Waals surface area contributed by atoms with Crippen molar-refractivity contribution in [3.8, 4) is 0 Å². The van der Waals surface area contributed by atoms with Crippen molar-refractivity contribution in [2.45, 2.75) is 24.9 Å². The molecule has 0 bridgehead atoms. The summed E-state index contributed by atoms with van der Waals surface area (Å²) < 4.78 is 4.75. The number of nitro benzene ring substituents is 1. The van der Waals surface area contributed by atoms with Gasteiger partial charge in [0.15, 0.2) is 0 Å². The third-order valence-corrected chi connectivity index (χ3v) is 7.71. The molecule has 0 radical (unpaired) electrons. The van der Waals surface area contributed by atoms with Gasteiger partial charge in [-0.3, -0.25) is 29.8 Å². The zero-order chi connectivity index (χ0) is 28.8. The van der Waals surface area contributed by atoms with Crippen molar-refractivity contribution < 1.29 is 33.9 Å². The topological polar surface area (TPSA) is 156 Å². The second kappa shape index (κ2) is 10.0. The summed E-state index contributed by atoms with van der Waals surface area (Å²) >= 11 is 0. The van der Waals surface area contributed by atoms with Crippen molar-refractivity contribution in [1.29, 1.82) is 0 Å². The number of anilines is 1. The number of ether oxygens (including phenoxy) is 1. The lowest BCUT2D eigenvalue weighted by molar-refractivity contribution is -0.384. The van der Waals surface area contributed by atoms with Crippen LogP contribution in [0.2, 0.25) is 0 Å². The van der Waals surface area contributed by atoms with Crippen LogP contribution >= 0.6 is 0 Å². The van der Waals surface area contributed by atoms with Crippen molar-refractivity contribution >= 4 is 35.1 Å². The average Bonchev–Trinajstić information content (AvgIpc) is 3.42. The Morgan fingerprint density at radius 1 is 1.02 bits per heavy atom. The average molecular weight is 544 g/mol. The van der Waals surface area contributed by atoms with Crippen LogP contribution in [-0.4, -0.2) is 46.4 Å². The van der Waals surface area contributed by atoms with Crippen LogP contribution in [0.3, 0.4) is 0 Å². The Kier molecular flexibility index (Phi) is 6.68. The molecule has 5 rings (SSSR count). The molecular formula is C29H25N3O8. The number of hydrogen-bond donors (Lipinski definition) is 2. The fourth-order valence-corrected chi connectivity index (χ4v) is 5.78. The number of carboxylic acids is 1. The molecule has 3 aromatic rings. The van der Waals surface area contributed by atoms with E-state index in [1.165, 1.54) is 43.5 Å². The van der Waals surface area contributed by atoms with Crippen LogP contribution in [0.25, 0.3) is 0 Å². The Morgan fingerprint density at radius 3 is 2.25 bits per heavy atom. The van der Waals surface area contributed by atoms with Gasteiger partial charge in [-0.05, 0) is 41.8 Å². The molecule has 2 N–H and O–H groups in total. The van der Waals surface area contributed by atoms with Gasteiger partial charge in [0.2, 0.25) is 11.8 Å². The van der Waals surface area contributed by atoms with Crippen molar-refractivity contribution in [2.75, 3.05) is 12.0 Å². The van der Waals surface area contributed by atoms with Gasteiger partial charge in [0.05, 0.1) is 35.1 Å². The highest BCUT2D eigenvalue weighted by Gasteiger charge is 2.68. The largest absolute Gasteiger partial charge is 0.480 e. The number of esters is 1. The van der Waals surface area contributed by atoms with E-state index in [0.717, 1.165) is 4.90 Å². The van der Waals surface area contributed by atoms with E-state index in [0.29, 0.717) is 22.4 Å². The van der Waals surface area contributed by atoms with Crippen LogP contribution in [0.5, 0.6) is 0 Å². The third-order valence-electron chi connectivity index (χ3n) is 7.71. The number of imide groups is 1. The predicted octanol–water partition coefficient (Wildman–Crippen LogP) is 3.21. The highest BCUT2D eigenvalue weighted by Crippen LogP contribution is 2.51. The number of nitrogens with zero attached hydrogens (tertiary/aromatic N) is 2. The summed E-state index contributed by atoms with van der Waals surface area (Å²) in [6.45, 7) is 1.76. The van der Waals surface area contributed by atoms with Crippen LogP contribution in [-0.2, 0) is 25.5 Å². The normalized spacial score (nSPS) is 23.6. The van der Waals surface area contributed by atoms with Gasteiger partial charge in [0.1, 0.15) is 5.54 Å². The number of para-hydroxylation sites is 1. The summed E-state index contributed by atoms with van der Waals surface area (Å²) in [6, 6.07) is 17.6. The lowest BCUT2D eigenvalue weighted by atomic mass is 9.76. The van der Waals surface area contributed by atoms with E-state index in [1.54, 1.807) is 43.3 Å². The Morgan fingerprint density at radius 2 is 1.68 bits per heavy atom. The standard InChI is InChI=1S/C29H25N3O8/c1-16-5-3-4-6-21(16)31-25(33)22-23(26(31)34)29(28(36)37,15-17-7-13-20(14-8-17)32(38)39)30-24(22)18-9-11-19(12-10-18)27(35)40-2/h3-14,22-24,30H,15H2,1-2H3,(H,36,37). The van der Waals surface area contributed by atoms with E-state index >= 15 is 0 Å². The van der Waals surface area contributed by atoms with Gasteiger partial charge in [0, 0.05) is 24.6 Å². The summed E-state index contributed by atoms with van der Waals surface area (Å²) in [5.74, 6) is -5.41. The van der Waals surface area contributed by atoms with Crippen LogP contribution in [0.15, 0.2) is 72.8 Å². The van der Waals surface area contributed by atoms with Gasteiger partial charge < -0.3 is 9.84 Å². The number of benzene rings is 3. The van der Waals surface area contributed by atoms with Crippen molar-refractivity contribution in [3.63, 3.8) is 0 Å². The van der Waals surface area contributed by atoms with E-state index in [4.69, 9.17) is 4.74 Å². The molecule has 2 heterocycles. The molecule has 0 aromatic heterocycles. The van der Waals surface area contributed by atoms with Gasteiger partial charge in [0.25, 0.3) is 5.69 Å². The zero-order valence-electron chi connectivity index (χ0n) is 21.6. The van der Waals surface area contributed by atoms with Crippen molar-refractivity contribution in [3.05, 3.63) is 105 Å². The van der Waals surface area contributed by atoms with Gasteiger partial charge >= 0.3 is 11.9 Å². The number of nitrogens with one attached hydrogen (secondary N) is 1. The maximum absolute atomic E-state index is 14.0. The van der Waals surface area contributed by atoms with E-state index in [-0.39, 0.29) is 17.7 Å². The minimum atomic E-state index is -1.91. The third kappa shape index (κ3) is 4.20. The maximum atomic E-state index is 14.0. The fraction of sp³-hybridized carbons (Fsp3) is 0.241. The number of carbonyl (C=O) groups excluding carboxylic acids is 3. The number of nitro groups is 1. The summed E-state index contributed by atoms with van der Waals surface area (Å²) in [5, 5.41) is 24.9. The Hall–Kier alpha value is -4.90. The quantitative estimate of drug-likeness (QED) is 0.198. The number of amides is 2. The maximum Gasteiger partial charge on any atom is 0.337 e. The highest BCUT2D eigenvalue weighted by atomic mass is 16.6. The van der Waals surface area contributed by atoms with Crippen molar-refractivity contribution in [1.82, 2.24) is 5.32 Å². The summed E-state index contributed by atoms with van der Waals surface area (Å²) in [6.07, 6.45) is -0.209. The number of aryl methyl sites for hydroxylation is 1. The molecule has 3 aromatic carbocycles. The zero-order valence-corrected chi connectivity index (χ0v) is 21.6. The lowest BCUT2D eigenvalue weighted by Crippen LogP contribution is -2.57. The molecule has 11 nitrogen and oxygen atoms in total. The molecule has 0 spiro atoms. The van der Waals surface area contributed by atoms with E-state index < -0.39 is 52.1 Å². The second-order valence-corrected chi connectivity index (χ2v) is 9.91. The highest BCUT2D eigenvalue weighted by molar-refractivity contribution is 6.24. The molecule has 2 aliphatic rings. The molecule has 4 unspecified atom stereocenters. The first-order chi connectivity index (χ1) is 19.1. The summed E-state index contributed by atoms with van der Waals surface area (Å²) in [5.41, 5.74) is 0.210. The molecule has 0 aliphatic carbocycles. The molecule has 11 heteroatoms. The SMILES string of the molecule is COC(=O)c1ccc(C2NC(Cc3ccc([N+](=O)[O-])cc3)(C(=O)O)C3C(=O)N(c4ccccc4C)C(=O)C23)cc1. The van der Waals surface area contributed by atoms with Crippen molar-refractivity contribution in [2.24, 2.45) is 11.8 Å². The molecule has 2 aliphatic heterocycles. The van der Waals surface area contributed by atoms with Crippen LogP contribution in [0.4, 0.5) is 11.4 Å². The number of carbonyl (C=O) groups is 4. The summed E-state index contributed by atoms with van der Waals surface area (Å²) in [4.78, 5) is 64.6. The number of carboxylic acid groups (broad SMARTS) is 1. The number of non-ortho nitro benzene ring substituents is 1. The molecule has 2 saturated heterocycles. The molecule has 2 amide bonds. The van der Waals surface area contributed by atoms with Gasteiger partial charge in [-0.15, -0.1) is 0 Å². The van der Waals surface area contributed by atoms with E-state index in [2.05, 4.69) is 5.32 Å². The number of methoxy groups -OCH3 is 1. The predicted molar refractivity (Wildman–Crippen MR) is 141 cm³/mol. The van der Waals surface area contributed by atoms with Gasteiger partial charge in [-0.25, -0.2) is 9.69 Å². The lowest BCUT2D eigenvalue weighted by Gasteiger charge is -2.31. The van der Waals surface area contributed by atoms with Crippen LogP contribution in [0, 0.1) is 28.9 Å². The summed E-state index contributed by atoms with van der Waals surface area (Å²) in [7, 11) is 1.25. The Bertz CT molecular complexity index is 1540. The van der Waals surface area contributed by atoms with E-state index in [1.807, 2.05) is 0 Å². The molecule has 4 atom stereocenters. The number of rotatable bonds is 7. The number of fused-ring (bicyclic) bond motifs is 1. The smallest absolute Gasteiger partial charge is 0.337 e.